The fourth-order valence-corrected chi connectivity index (χ4v) is 2.88. The van der Waals surface area contributed by atoms with E-state index in [1.165, 1.54) is 12.1 Å². The zero-order valence-electron chi connectivity index (χ0n) is 11.6. The Labute approximate surface area is 122 Å². The lowest BCUT2D eigenvalue weighted by molar-refractivity contribution is 0.0420. The summed E-state index contributed by atoms with van der Waals surface area (Å²) in [4.78, 5) is 17.2. The van der Waals surface area contributed by atoms with Gasteiger partial charge in [0.25, 0.3) is 0 Å². The van der Waals surface area contributed by atoms with Gasteiger partial charge in [-0.05, 0) is 42.7 Å². The highest BCUT2D eigenvalue weighted by Crippen LogP contribution is 2.37. The van der Waals surface area contributed by atoms with Crippen LogP contribution in [0.15, 0.2) is 48.7 Å². The van der Waals surface area contributed by atoms with Gasteiger partial charge in [-0.2, -0.15) is 0 Å². The number of benzene rings is 1. The Balaban J connectivity index is 2.05. The first-order valence-corrected chi connectivity index (χ1v) is 7.02. The predicted molar refractivity (Wildman–Crippen MR) is 76.7 cm³/mol. The number of hydrogen-bond donors (Lipinski definition) is 0. The summed E-state index contributed by atoms with van der Waals surface area (Å²) in [5.74, 6) is -0.316. The second-order valence-corrected chi connectivity index (χ2v) is 5.25. The number of aromatic nitrogens is 1. The van der Waals surface area contributed by atoms with Crippen LogP contribution in [-0.2, 0) is 10.2 Å². The van der Waals surface area contributed by atoms with Crippen LogP contribution in [0.4, 0.5) is 4.39 Å². The Bertz CT molecular complexity index is 619. The highest BCUT2D eigenvalue weighted by atomic mass is 19.1. The van der Waals surface area contributed by atoms with Crippen molar-refractivity contribution in [3.63, 3.8) is 0 Å². The average Bonchev–Trinajstić information content (AvgIpc) is 2.56. The molecule has 21 heavy (non-hydrogen) atoms. The number of hydrogen-bond acceptors (Lipinski definition) is 3. The molecule has 1 aliphatic rings. The van der Waals surface area contributed by atoms with Gasteiger partial charge in [-0.3, -0.25) is 9.78 Å². The highest BCUT2D eigenvalue weighted by molar-refractivity contribution is 6.02. The molecular weight excluding hydrogens is 269 g/mol. The normalized spacial score (nSPS) is 17.4. The molecule has 1 aliphatic heterocycles. The number of ketones is 1. The van der Waals surface area contributed by atoms with E-state index in [1.54, 1.807) is 36.5 Å². The van der Waals surface area contributed by atoms with E-state index >= 15 is 0 Å². The predicted octanol–water partition coefficient (Wildman–Crippen LogP) is 3.15. The van der Waals surface area contributed by atoms with Crippen LogP contribution in [0.5, 0.6) is 0 Å². The Morgan fingerprint density at radius 1 is 1.10 bits per heavy atom. The third kappa shape index (κ3) is 2.59. The van der Waals surface area contributed by atoms with Crippen LogP contribution in [0.3, 0.4) is 0 Å². The molecule has 0 aliphatic carbocycles. The quantitative estimate of drug-likeness (QED) is 0.813. The third-order valence-electron chi connectivity index (χ3n) is 4.08. The molecule has 1 aromatic heterocycles. The third-order valence-corrected chi connectivity index (χ3v) is 4.08. The first-order valence-electron chi connectivity index (χ1n) is 7.02. The van der Waals surface area contributed by atoms with Crippen molar-refractivity contribution >= 4 is 5.78 Å². The van der Waals surface area contributed by atoms with E-state index in [0.717, 1.165) is 5.56 Å². The number of halogens is 1. The van der Waals surface area contributed by atoms with E-state index in [-0.39, 0.29) is 11.6 Å². The van der Waals surface area contributed by atoms with Crippen LogP contribution in [0.25, 0.3) is 0 Å². The van der Waals surface area contributed by atoms with Crippen molar-refractivity contribution < 1.29 is 13.9 Å². The van der Waals surface area contributed by atoms with E-state index in [4.69, 9.17) is 4.74 Å². The van der Waals surface area contributed by atoms with Crippen molar-refractivity contribution in [2.24, 2.45) is 0 Å². The van der Waals surface area contributed by atoms with Gasteiger partial charge >= 0.3 is 0 Å². The van der Waals surface area contributed by atoms with Crippen LogP contribution in [-0.4, -0.2) is 24.0 Å². The Morgan fingerprint density at radius 2 is 1.81 bits per heavy atom. The molecule has 3 nitrogen and oxygen atoms in total. The van der Waals surface area contributed by atoms with Crippen molar-refractivity contribution in [3.8, 4) is 0 Å². The monoisotopic (exact) mass is 285 g/mol. The molecule has 0 N–H and O–H groups in total. The maximum Gasteiger partial charge on any atom is 0.191 e. The number of pyridine rings is 1. The van der Waals surface area contributed by atoms with Gasteiger partial charge in [-0.15, -0.1) is 0 Å². The molecule has 0 atom stereocenters. The summed E-state index contributed by atoms with van der Waals surface area (Å²) >= 11 is 0. The van der Waals surface area contributed by atoms with Gasteiger partial charge in [0.1, 0.15) is 11.5 Å². The molecule has 0 unspecified atom stereocenters. The highest BCUT2D eigenvalue weighted by Gasteiger charge is 2.42. The molecule has 0 amide bonds. The molecule has 0 bridgehead atoms. The minimum atomic E-state index is -0.666. The minimum Gasteiger partial charge on any atom is -0.381 e. The van der Waals surface area contributed by atoms with Gasteiger partial charge in [0.05, 0.1) is 5.41 Å². The van der Waals surface area contributed by atoms with Gasteiger partial charge in [0.2, 0.25) is 0 Å². The van der Waals surface area contributed by atoms with Crippen molar-refractivity contribution in [1.29, 1.82) is 0 Å². The molecule has 0 spiro atoms. The first kappa shape index (κ1) is 13.9. The molecule has 2 heterocycles. The van der Waals surface area contributed by atoms with Gasteiger partial charge in [0, 0.05) is 19.4 Å². The molecule has 1 aromatic carbocycles. The summed E-state index contributed by atoms with van der Waals surface area (Å²) in [6, 6.07) is 11.5. The SMILES string of the molecule is O=C(c1ccccn1)C1(c2ccc(F)cc2)CCOCC1. The lowest BCUT2D eigenvalue weighted by Gasteiger charge is -2.36. The van der Waals surface area contributed by atoms with Gasteiger partial charge < -0.3 is 4.74 Å². The summed E-state index contributed by atoms with van der Waals surface area (Å²) in [7, 11) is 0. The summed E-state index contributed by atoms with van der Waals surface area (Å²) in [6.07, 6.45) is 2.80. The molecule has 0 radical (unpaired) electrons. The maximum atomic E-state index is 13.2. The Hall–Kier alpha value is -2.07. The summed E-state index contributed by atoms with van der Waals surface area (Å²) < 4.78 is 18.6. The fraction of sp³-hybridized carbons (Fsp3) is 0.294. The minimum absolute atomic E-state index is 0.0157. The maximum absolute atomic E-state index is 13.2. The smallest absolute Gasteiger partial charge is 0.191 e. The lowest BCUT2D eigenvalue weighted by Crippen LogP contribution is -2.41. The molecule has 1 saturated heterocycles. The number of ether oxygens (including phenoxy) is 1. The number of Topliss-reactive ketones (excluding diaryl/α,β-unsaturated/α-hetero) is 1. The van der Waals surface area contributed by atoms with Crippen LogP contribution in [0.2, 0.25) is 0 Å². The molecule has 4 heteroatoms. The van der Waals surface area contributed by atoms with Crippen molar-refractivity contribution in [3.05, 3.63) is 65.7 Å². The van der Waals surface area contributed by atoms with Gasteiger partial charge in [0.15, 0.2) is 5.78 Å². The standard InChI is InChI=1S/C17H16FNO2/c18-14-6-4-13(5-7-14)17(8-11-21-12-9-17)16(20)15-3-1-2-10-19-15/h1-7,10H,8-9,11-12H2. The summed E-state index contributed by atoms with van der Waals surface area (Å²) in [5.41, 5.74) is 0.618. The van der Waals surface area contributed by atoms with Crippen LogP contribution < -0.4 is 0 Å². The van der Waals surface area contributed by atoms with Crippen molar-refractivity contribution in [2.45, 2.75) is 18.3 Å². The second kappa shape index (κ2) is 5.74. The Morgan fingerprint density at radius 3 is 2.43 bits per heavy atom. The molecule has 0 saturated carbocycles. The number of nitrogens with zero attached hydrogens (tertiary/aromatic N) is 1. The van der Waals surface area contributed by atoms with Crippen LogP contribution >= 0.6 is 0 Å². The molecule has 1 fully saturated rings. The van der Waals surface area contributed by atoms with E-state index in [9.17, 15) is 9.18 Å². The number of rotatable bonds is 3. The van der Waals surface area contributed by atoms with Gasteiger partial charge in [-0.25, -0.2) is 4.39 Å². The van der Waals surface area contributed by atoms with E-state index in [0.29, 0.717) is 31.7 Å². The first-order chi connectivity index (χ1) is 10.2. The molecule has 3 rings (SSSR count). The fourth-order valence-electron chi connectivity index (χ4n) is 2.88. The van der Waals surface area contributed by atoms with Crippen LogP contribution in [0, 0.1) is 5.82 Å². The van der Waals surface area contributed by atoms with Crippen LogP contribution in [0.1, 0.15) is 28.9 Å². The zero-order chi connectivity index (χ0) is 14.7. The second-order valence-electron chi connectivity index (χ2n) is 5.25. The van der Waals surface area contributed by atoms with Gasteiger partial charge in [-0.1, -0.05) is 18.2 Å². The summed E-state index contributed by atoms with van der Waals surface area (Å²) in [6.45, 7) is 1.05. The van der Waals surface area contributed by atoms with E-state index in [1.807, 2.05) is 0 Å². The average molecular weight is 285 g/mol. The topological polar surface area (TPSA) is 39.2 Å². The van der Waals surface area contributed by atoms with E-state index < -0.39 is 5.41 Å². The summed E-state index contributed by atoms with van der Waals surface area (Å²) in [5, 5.41) is 0. The van der Waals surface area contributed by atoms with Crippen molar-refractivity contribution in [2.75, 3.05) is 13.2 Å². The molecular formula is C17H16FNO2. The van der Waals surface area contributed by atoms with E-state index in [2.05, 4.69) is 4.98 Å². The number of carbonyl (C=O) groups is 1. The van der Waals surface area contributed by atoms with Crippen molar-refractivity contribution in [1.82, 2.24) is 4.98 Å². The number of carbonyl (C=O) groups excluding carboxylic acids is 1. The largest absolute Gasteiger partial charge is 0.381 e. The lowest BCUT2D eigenvalue weighted by atomic mass is 9.70. The molecule has 108 valence electrons. The Kier molecular flexibility index (Phi) is 3.80. The molecule has 2 aromatic rings. The zero-order valence-corrected chi connectivity index (χ0v) is 11.6.